The molecule has 0 atom stereocenters. The van der Waals surface area contributed by atoms with Gasteiger partial charge in [-0.25, -0.2) is 8.78 Å². The number of benzene rings is 2. The number of carbonyl (C=O) groups excluding carboxylic acids is 1. The predicted octanol–water partition coefficient (Wildman–Crippen LogP) is 3.50. The molecule has 122 valence electrons. The van der Waals surface area contributed by atoms with Crippen molar-refractivity contribution in [1.82, 2.24) is 10.2 Å². The molecule has 3 rings (SSSR count). The van der Waals surface area contributed by atoms with E-state index in [4.69, 9.17) is 4.42 Å². The van der Waals surface area contributed by atoms with E-state index in [-0.39, 0.29) is 11.9 Å². The molecule has 0 aliphatic heterocycles. The molecule has 24 heavy (non-hydrogen) atoms. The Kier molecular flexibility index (Phi) is 4.33. The van der Waals surface area contributed by atoms with Gasteiger partial charge in [0.15, 0.2) is 0 Å². The third kappa shape index (κ3) is 3.45. The lowest BCUT2D eigenvalue weighted by molar-refractivity contribution is 0.101. The lowest BCUT2D eigenvalue weighted by Crippen LogP contribution is -2.16. The summed E-state index contributed by atoms with van der Waals surface area (Å²) in [4.78, 5) is 11.9. The van der Waals surface area contributed by atoms with Gasteiger partial charge in [-0.1, -0.05) is 41.0 Å². The fourth-order valence-electron chi connectivity index (χ4n) is 2.13. The van der Waals surface area contributed by atoms with Crippen molar-refractivity contribution in [3.8, 4) is 0 Å². The normalized spacial score (nSPS) is 10.6. The van der Waals surface area contributed by atoms with Crippen molar-refractivity contribution >= 4 is 11.9 Å². The van der Waals surface area contributed by atoms with Crippen molar-refractivity contribution in [2.45, 2.75) is 13.3 Å². The molecule has 0 saturated heterocycles. The number of hydrogen-bond acceptors (Lipinski definition) is 4. The Balaban J connectivity index is 1.72. The quantitative estimate of drug-likeness (QED) is 0.795. The molecule has 0 aliphatic rings. The van der Waals surface area contributed by atoms with E-state index in [1.165, 1.54) is 6.07 Å². The van der Waals surface area contributed by atoms with Gasteiger partial charge >= 0.3 is 6.01 Å². The fraction of sp³-hybridized carbons (Fsp3) is 0.118. The number of rotatable bonds is 4. The molecule has 1 amide bonds. The minimum Gasteiger partial charge on any atom is -0.407 e. The van der Waals surface area contributed by atoms with Crippen LogP contribution in [0.15, 0.2) is 46.9 Å². The van der Waals surface area contributed by atoms with Gasteiger partial charge in [-0.15, -0.1) is 5.10 Å². The molecule has 0 fully saturated rings. The van der Waals surface area contributed by atoms with E-state index < -0.39 is 23.1 Å². The zero-order valence-electron chi connectivity index (χ0n) is 12.7. The van der Waals surface area contributed by atoms with Crippen LogP contribution in [0.3, 0.4) is 0 Å². The van der Waals surface area contributed by atoms with E-state index >= 15 is 0 Å². The number of amides is 1. The van der Waals surface area contributed by atoms with E-state index in [0.29, 0.717) is 6.42 Å². The first-order valence-corrected chi connectivity index (χ1v) is 7.16. The average molecular weight is 329 g/mol. The third-order valence-corrected chi connectivity index (χ3v) is 3.35. The van der Waals surface area contributed by atoms with Crippen LogP contribution in [0.1, 0.15) is 27.4 Å². The van der Waals surface area contributed by atoms with Crippen LogP contribution in [0.5, 0.6) is 0 Å². The van der Waals surface area contributed by atoms with E-state index in [0.717, 1.165) is 23.3 Å². The minimum absolute atomic E-state index is 0.218. The second-order valence-corrected chi connectivity index (χ2v) is 5.21. The van der Waals surface area contributed by atoms with Gasteiger partial charge in [0.25, 0.3) is 5.91 Å². The van der Waals surface area contributed by atoms with Crippen molar-refractivity contribution in [3.63, 3.8) is 0 Å². The molecule has 0 radical (unpaired) electrons. The second kappa shape index (κ2) is 6.57. The Morgan fingerprint density at radius 1 is 1.08 bits per heavy atom. The highest BCUT2D eigenvalue weighted by atomic mass is 19.1. The summed E-state index contributed by atoms with van der Waals surface area (Å²) in [6, 6.07) is 10.7. The SMILES string of the molecule is Cc1ccc(Cc2nnc(NC(=O)c3c(F)cccc3F)o2)cc1. The summed E-state index contributed by atoms with van der Waals surface area (Å²) in [7, 11) is 0. The predicted molar refractivity (Wildman–Crippen MR) is 82.6 cm³/mol. The van der Waals surface area contributed by atoms with Gasteiger partial charge in [-0.3, -0.25) is 10.1 Å². The number of aromatic nitrogens is 2. The summed E-state index contributed by atoms with van der Waals surface area (Å²) < 4.78 is 32.4. The van der Waals surface area contributed by atoms with Crippen LogP contribution in [0.25, 0.3) is 0 Å². The summed E-state index contributed by atoms with van der Waals surface area (Å²) in [5, 5.41) is 9.66. The Labute approximate surface area is 136 Å². The molecule has 0 saturated carbocycles. The molecule has 0 bridgehead atoms. The molecule has 1 heterocycles. The maximum atomic E-state index is 13.6. The summed E-state index contributed by atoms with van der Waals surface area (Å²) in [5.41, 5.74) is 1.39. The molecule has 7 heteroatoms. The van der Waals surface area contributed by atoms with Gasteiger partial charge in [-0.05, 0) is 24.6 Å². The van der Waals surface area contributed by atoms with Crippen LogP contribution in [0.4, 0.5) is 14.8 Å². The zero-order valence-corrected chi connectivity index (χ0v) is 12.7. The van der Waals surface area contributed by atoms with Crippen molar-refractivity contribution < 1.29 is 18.0 Å². The molecule has 3 aromatic rings. The van der Waals surface area contributed by atoms with Crippen molar-refractivity contribution in [1.29, 1.82) is 0 Å². The monoisotopic (exact) mass is 329 g/mol. The lowest BCUT2D eigenvalue weighted by Gasteiger charge is -2.03. The molecule has 1 aromatic heterocycles. The van der Waals surface area contributed by atoms with Gasteiger partial charge in [-0.2, -0.15) is 0 Å². The number of nitrogens with zero attached hydrogens (tertiary/aromatic N) is 2. The first-order chi connectivity index (χ1) is 11.5. The van der Waals surface area contributed by atoms with E-state index in [1.807, 2.05) is 31.2 Å². The van der Waals surface area contributed by atoms with Gasteiger partial charge in [0.05, 0.1) is 6.42 Å². The van der Waals surface area contributed by atoms with Gasteiger partial charge in [0, 0.05) is 0 Å². The minimum atomic E-state index is -0.990. The Morgan fingerprint density at radius 2 is 1.75 bits per heavy atom. The highest BCUT2D eigenvalue weighted by Crippen LogP contribution is 2.16. The van der Waals surface area contributed by atoms with Gasteiger partial charge in [0.1, 0.15) is 17.2 Å². The molecule has 5 nitrogen and oxygen atoms in total. The fourth-order valence-corrected chi connectivity index (χ4v) is 2.13. The molecular formula is C17H13F2N3O2. The molecule has 0 aliphatic carbocycles. The molecule has 2 aromatic carbocycles. The molecule has 0 spiro atoms. The van der Waals surface area contributed by atoms with Crippen LogP contribution in [-0.2, 0) is 6.42 Å². The highest BCUT2D eigenvalue weighted by Gasteiger charge is 2.19. The number of aryl methyl sites for hydroxylation is 1. The molecule has 1 N–H and O–H groups in total. The van der Waals surface area contributed by atoms with E-state index in [9.17, 15) is 13.6 Å². The maximum Gasteiger partial charge on any atom is 0.322 e. The van der Waals surface area contributed by atoms with Gasteiger partial charge < -0.3 is 4.42 Å². The highest BCUT2D eigenvalue weighted by molar-refractivity contribution is 6.03. The largest absolute Gasteiger partial charge is 0.407 e. The lowest BCUT2D eigenvalue weighted by atomic mass is 10.1. The first kappa shape index (κ1) is 15.8. The Morgan fingerprint density at radius 3 is 2.42 bits per heavy atom. The summed E-state index contributed by atoms with van der Waals surface area (Å²) in [5.74, 6) is -2.64. The van der Waals surface area contributed by atoms with E-state index in [1.54, 1.807) is 0 Å². The summed E-state index contributed by atoms with van der Waals surface area (Å²) in [6.07, 6.45) is 0.386. The number of carbonyl (C=O) groups is 1. The van der Waals surface area contributed by atoms with Crippen molar-refractivity contribution in [3.05, 3.63) is 76.7 Å². The molecule has 0 unspecified atom stereocenters. The standard InChI is InChI=1S/C17H13F2N3O2/c1-10-5-7-11(8-6-10)9-14-21-22-17(24-14)20-16(23)15-12(18)3-2-4-13(15)19/h2-8H,9H2,1H3,(H,20,22,23). The number of hydrogen-bond donors (Lipinski definition) is 1. The number of nitrogens with one attached hydrogen (secondary N) is 1. The van der Waals surface area contributed by atoms with Crippen LogP contribution in [-0.4, -0.2) is 16.1 Å². The Bertz CT molecular complexity index is 856. The zero-order chi connectivity index (χ0) is 17.1. The van der Waals surface area contributed by atoms with Crippen molar-refractivity contribution in [2.24, 2.45) is 0 Å². The van der Waals surface area contributed by atoms with E-state index in [2.05, 4.69) is 15.5 Å². The summed E-state index contributed by atoms with van der Waals surface area (Å²) in [6.45, 7) is 1.98. The Hall–Kier alpha value is -3.09. The van der Waals surface area contributed by atoms with Crippen LogP contribution in [0, 0.1) is 18.6 Å². The second-order valence-electron chi connectivity index (χ2n) is 5.21. The van der Waals surface area contributed by atoms with Crippen LogP contribution < -0.4 is 5.32 Å². The number of anilines is 1. The van der Waals surface area contributed by atoms with Crippen LogP contribution in [0.2, 0.25) is 0 Å². The molecular weight excluding hydrogens is 316 g/mol. The van der Waals surface area contributed by atoms with Crippen molar-refractivity contribution in [2.75, 3.05) is 5.32 Å². The topological polar surface area (TPSA) is 68.0 Å². The van der Waals surface area contributed by atoms with Crippen LogP contribution >= 0.6 is 0 Å². The third-order valence-electron chi connectivity index (χ3n) is 3.35. The smallest absolute Gasteiger partial charge is 0.322 e. The summed E-state index contributed by atoms with van der Waals surface area (Å²) >= 11 is 0. The average Bonchev–Trinajstić information content (AvgIpc) is 2.96. The first-order valence-electron chi connectivity index (χ1n) is 7.16. The number of halogens is 2. The maximum absolute atomic E-state index is 13.6. The van der Waals surface area contributed by atoms with Gasteiger partial charge in [0.2, 0.25) is 5.89 Å².